The fourth-order valence-corrected chi connectivity index (χ4v) is 1.14. The molecule has 1 heteroatoms. The molecular weight excluding hydrogens is 146 g/mol. The van der Waals surface area contributed by atoms with Crippen LogP contribution in [-0.2, 0) is 0 Å². The molecule has 0 rings (SSSR count). The molecule has 0 aromatic rings. The number of rotatable bonds is 5. The largest absolute Gasteiger partial charge is 0.301 e. The van der Waals surface area contributed by atoms with Gasteiger partial charge in [-0.15, -0.1) is 0 Å². The molecule has 0 aliphatic carbocycles. The first kappa shape index (κ1) is 14.5. The lowest BCUT2D eigenvalue weighted by molar-refractivity contribution is 0.230. The van der Waals surface area contributed by atoms with E-state index >= 15 is 0 Å². The Hall–Kier alpha value is -0.0400. The van der Waals surface area contributed by atoms with Gasteiger partial charge in [-0.3, -0.25) is 0 Å². The molecule has 0 saturated carbocycles. The lowest BCUT2D eigenvalue weighted by Crippen LogP contribution is -2.31. The highest BCUT2D eigenvalue weighted by Gasteiger charge is 2.03. The summed E-state index contributed by atoms with van der Waals surface area (Å²) in [5.74, 6) is 0. The first-order chi connectivity index (χ1) is 5.72. The van der Waals surface area contributed by atoms with Gasteiger partial charge in [0.1, 0.15) is 0 Å². The molecule has 0 spiro atoms. The van der Waals surface area contributed by atoms with Crippen LogP contribution in [0.2, 0.25) is 0 Å². The Morgan fingerprint density at radius 3 is 1.83 bits per heavy atom. The van der Waals surface area contributed by atoms with Crippen molar-refractivity contribution in [3.8, 4) is 0 Å². The maximum atomic E-state index is 2.50. The summed E-state index contributed by atoms with van der Waals surface area (Å²) in [4.78, 5) is 2.50. The van der Waals surface area contributed by atoms with Crippen LogP contribution in [0, 0.1) is 0 Å². The van der Waals surface area contributed by atoms with Crippen LogP contribution >= 0.6 is 0 Å². The minimum absolute atomic E-state index is 0.719. The van der Waals surface area contributed by atoms with E-state index in [0.29, 0.717) is 0 Å². The molecule has 12 heavy (non-hydrogen) atoms. The highest BCUT2D eigenvalue weighted by Crippen LogP contribution is 1.99. The molecular formula is C11H27N. The Bertz CT molecular complexity index is 69.4. The van der Waals surface area contributed by atoms with Gasteiger partial charge in [-0.2, -0.15) is 0 Å². The Kier molecular flexibility index (Phi) is 13.2. The second-order valence-electron chi connectivity index (χ2n) is 3.08. The second-order valence-corrected chi connectivity index (χ2v) is 3.08. The monoisotopic (exact) mass is 173 g/mol. The van der Waals surface area contributed by atoms with Gasteiger partial charge >= 0.3 is 0 Å². The SMILES string of the molecule is CC.CCCCN(CC)C(C)C. The van der Waals surface area contributed by atoms with E-state index in [1.807, 2.05) is 13.8 Å². The fraction of sp³-hybridized carbons (Fsp3) is 1.00. The average Bonchev–Trinajstić information content (AvgIpc) is 2.09. The second kappa shape index (κ2) is 11.0. The van der Waals surface area contributed by atoms with Crippen LogP contribution in [-0.4, -0.2) is 24.0 Å². The Morgan fingerprint density at radius 1 is 1.08 bits per heavy atom. The minimum atomic E-state index is 0.719. The zero-order valence-electron chi connectivity index (χ0n) is 9.85. The first-order valence-electron chi connectivity index (χ1n) is 5.46. The lowest BCUT2D eigenvalue weighted by Gasteiger charge is -2.24. The van der Waals surface area contributed by atoms with Gasteiger partial charge in [0, 0.05) is 6.04 Å². The third kappa shape index (κ3) is 8.06. The van der Waals surface area contributed by atoms with Crippen molar-refractivity contribution in [2.24, 2.45) is 0 Å². The van der Waals surface area contributed by atoms with Crippen LogP contribution in [0.25, 0.3) is 0 Å². The maximum absolute atomic E-state index is 2.50. The van der Waals surface area contributed by atoms with E-state index in [9.17, 15) is 0 Å². The molecule has 0 radical (unpaired) electrons. The van der Waals surface area contributed by atoms with Gasteiger partial charge in [0.05, 0.1) is 0 Å². The molecule has 0 unspecified atom stereocenters. The lowest BCUT2D eigenvalue weighted by atomic mass is 10.2. The number of hydrogen-bond donors (Lipinski definition) is 0. The quantitative estimate of drug-likeness (QED) is 0.614. The molecule has 0 fully saturated rings. The molecule has 0 bridgehead atoms. The van der Waals surface area contributed by atoms with Crippen molar-refractivity contribution in [3.63, 3.8) is 0 Å². The van der Waals surface area contributed by atoms with Gasteiger partial charge in [0.25, 0.3) is 0 Å². The summed E-state index contributed by atoms with van der Waals surface area (Å²) in [5.41, 5.74) is 0. The van der Waals surface area contributed by atoms with Gasteiger partial charge < -0.3 is 4.90 Å². The first-order valence-corrected chi connectivity index (χ1v) is 5.46. The van der Waals surface area contributed by atoms with Crippen LogP contribution in [0.4, 0.5) is 0 Å². The van der Waals surface area contributed by atoms with E-state index in [0.717, 1.165) is 6.04 Å². The van der Waals surface area contributed by atoms with E-state index in [1.54, 1.807) is 0 Å². The van der Waals surface area contributed by atoms with Gasteiger partial charge in [0.15, 0.2) is 0 Å². The smallest absolute Gasteiger partial charge is 0.00384 e. The summed E-state index contributed by atoms with van der Waals surface area (Å²) in [7, 11) is 0. The third-order valence-electron chi connectivity index (χ3n) is 1.94. The van der Waals surface area contributed by atoms with Crippen molar-refractivity contribution in [1.29, 1.82) is 0 Å². The molecule has 0 N–H and O–H groups in total. The molecule has 1 nitrogen and oxygen atoms in total. The van der Waals surface area contributed by atoms with Gasteiger partial charge in [0.2, 0.25) is 0 Å². The van der Waals surface area contributed by atoms with Crippen LogP contribution < -0.4 is 0 Å². The van der Waals surface area contributed by atoms with Crippen molar-refractivity contribution in [3.05, 3.63) is 0 Å². The van der Waals surface area contributed by atoms with Crippen molar-refractivity contribution >= 4 is 0 Å². The van der Waals surface area contributed by atoms with E-state index in [4.69, 9.17) is 0 Å². The van der Waals surface area contributed by atoms with E-state index in [-0.39, 0.29) is 0 Å². The van der Waals surface area contributed by atoms with Crippen molar-refractivity contribution in [1.82, 2.24) is 4.90 Å². The molecule has 76 valence electrons. The Labute approximate surface area is 79.2 Å². The number of unbranched alkanes of at least 4 members (excludes halogenated alkanes) is 1. The predicted molar refractivity (Wildman–Crippen MR) is 58.6 cm³/mol. The normalized spacial score (nSPS) is 10.0. The van der Waals surface area contributed by atoms with Crippen molar-refractivity contribution in [2.75, 3.05) is 13.1 Å². The summed E-state index contributed by atoms with van der Waals surface area (Å²) < 4.78 is 0. The molecule has 0 aliphatic heterocycles. The summed E-state index contributed by atoms with van der Waals surface area (Å²) in [6.07, 6.45) is 2.65. The molecule has 0 atom stereocenters. The molecule has 0 amide bonds. The summed E-state index contributed by atoms with van der Waals surface area (Å²) in [6.45, 7) is 15.5. The van der Waals surface area contributed by atoms with Crippen molar-refractivity contribution in [2.45, 2.75) is 60.4 Å². The topological polar surface area (TPSA) is 3.24 Å². The zero-order valence-corrected chi connectivity index (χ0v) is 9.85. The van der Waals surface area contributed by atoms with E-state index in [2.05, 4.69) is 32.6 Å². The van der Waals surface area contributed by atoms with Crippen LogP contribution in [0.1, 0.15) is 54.4 Å². The highest BCUT2D eigenvalue weighted by molar-refractivity contribution is 4.59. The van der Waals surface area contributed by atoms with Gasteiger partial charge in [-0.05, 0) is 33.4 Å². The molecule has 0 heterocycles. The van der Waals surface area contributed by atoms with Gasteiger partial charge in [-0.1, -0.05) is 34.1 Å². The molecule has 0 aromatic heterocycles. The zero-order chi connectivity index (χ0) is 9.98. The number of hydrogen-bond acceptors (Lipinski definition) is 1. The third-order valence-corrected chi connectivity index (χ3v) is 1.94. The van der Waals surface area contributed by atoms with Crippen LogP contribution in [0.5, 0.6) is 0 Å². The van der Waals surface area contributed by atoms with Crippen molar-refractivity contribution < 1.29 is 0 Å². The minimum Gasteiger partial charge on any atom is -0.301 e. The predicted octanol–water partition coefficient (Wildman–Crippen LogP) is 3.54. The summed E-state index contributed by atoms with van der Waals surface area (Å²) in [5, 5.41) is 0. The standard InChI is InChI=1S/C9H21N.C2H6/c1-5-7-8-10(6-2)9(3)4;1-2/h9H,5-8H2,1-4H3;1-2H3. The van der Waals surface area contributed by atoms with Crippen LogP contribution in [0.3, 0.4) is 0 Å². The summed E-state index contributed by atoms with van der Waals surface area (Å²) >= 11 is 0. The maximum Gasteiger partial charge on any atom is 0.00384 e. The Balaban J connectivity index is 0. The molecule has 0 aliphatic rings. The van der Waals surface area contributed by atoms with E-state index in [1.165, 1.54) is 25.9 Å². The van der Waals surface area contributed by atoms with E-state index < -0.39 is 0 Å². The van der Waals surface area contributed by atoms with Gasteiger partial charge in [-0.25, -0.2) is 0 Å². The average molecular weight is 173 g/mol. The highest BCUT2D eigenvalue weighted by atomic mass is 15.1. The summed E-state index contributed by atoms with van der Waals surface area (Å²) in [6, 6.07) is 0.719. The molecule has 0 aromatic carbocycles. The van der Waals surface area contributed by atoms with Crippen LogP contribution in [0.15, 0.2) is 0 Å². The Morgan fingerprint density at radius 2 is 1.58 bits per heavy atom. The number of nitrogens with zero attached hydrogens (tertiary/aromatic N) is 1. The fourth-order valence-electron chi connectivity index (χ4n) is 1.14. The molecule has 0 saturated heterocycles.